The second-order valence-corrected chi connectivity index (χ2v) is 6.42. The third-order valence-electron chi connectivity index (χ3n) is 4.41. The first-order chi connectivity index (χ1) is 12.1. The van der Waals surface area contributed by atoms with E-state index in [0.717, 1.165) is 35.3 Å². The molecule has 1 aromatic carbocycles. The molecule has 0 fully saturated rings. The van der Waals surface area contributed by atoms with Gasteiger partial charge >= 0.3 is 0 Å². The van der Waals surface area contributed by atoms with Crippen molar-refractivity contribution in [2.45, 2.75) is 26.4 Å². The summed E-state index contributed by atoms with van der Waals surface area (Å²) >= 11 is 0. The number of rotatable bonds is 3. The van der Waals surface area contributed by atoms with Crippen LogP contribution in [-0.4, -0.2) is 31.4 Å². The minimum Gasteiger partial charge on any atom is -0.334 e. The fourth-order valence-corrected chi connectivity index (χ4v) is 3.10. The summed E-state index contributed by atoms with van der Waals surface area (Å²) in [7, 11) is 1.68. The highest BCUT2D eigenvalue weighted by Crippen LogP contribution is 2.20. The van der Waals surface area contributed by atoms with Gasteiger partial charge in [-0.25, -0.2) is 4.68 Å². The van der Waals surface area contributed by atoms with Gasteiger partial charge < -0.3 is 4.52 Å². The van der Waals surface area contributed by atoms with E-state index in [4.69, 9.17) is 4.52 Å². The molecule has 1 aliphatic rings. The van der Waals surface area contributed by atoms with Crippen molar-refractivity contribution in [1.29, 1.82) is 0 Å². The second kappa shape index (κ2) is 6.25. The first kappa shape index (κ1) is 15.7. The maximum absolute atomic E-state index is 11.8. The minimum absolute atomic E-state index is 0.0816. The molecule has 0 amide bonds. The van der Waals surface area contributed by atoms with E-state index in [1.54, 1.807) is 13.1 Å². The number of hydrogen-bond acceptors (Lipinski definition) is 6. The summed E-state index contributed by atoms with van der Waals surface area (Å²) in [4.78, 5) is 18.5. The van der Waals surface area contributed by atoms with Crippen molar-refractivity contribution in [2.75, 3.05) is 6.54 Å². The fourth-order valence-electron chi connectivity index (χ4n) is 3.10. The van der Waals surface area contributed by atoms with Crippen molar-refractivity contribution in [1.82, 2.24) is 24.8 Å². The van der Waals surface area contributed by atoms with Gasteiger partial charge in [0.2, 0.25) is 0 Å². The molecule has 0 aliphatic carbocycles. The Morgan fingerprint density at radius 1 is 1.28 bits per heavy atom. The van der Waals surface area contributed by atoms with Crippen LogP contribution in [0.15, 0.2) is 39.6 Å². The van der Waals surface area contributed by atoms with Gasteiger partial charge in [-0.2, -0.15) is 10.1 Å². The SMILES string of the molecule is Cc1cccc(-c2nc(CN3CCc4nn(C)c(=O)cc4C3)no2)c1. The Morgan fingerprint density at radius 3 is 3.00 bits per heavy atom. The lowest BCUT2D eigenvalue weighted by Gasteiger charge is -2.26. The molecule has 0 N–H and O–H groups in total. The molecule has 3 heterocycles. The standard InChI is InChI=1S/C18H19N5O2/c1-12-4-3-5-13(8-12)18-19-16(21-25-18)11-23-7-6-15-14(10-23)9-17(24)22(2)20-15/h3-5,8-9H,6-7,10-11H2,1-2H3. The number of nitrogens with zero attached hydrogens (tertiary/aromatic N) is 5. The molecule has 4 rings (SSSR count). The summed E-state index contributed by atoms with van der Waals surface area (Å²) in [5.41, 5.74) is 3.97. The van der Waals surface area contributed by atoms with E-state index in [-0.39, 0.29) is 5.56 Å². The Labute approximate surface area is 144 Å². The van der Waals surface area contributed by atoms with E-state index in [0.29, 0.717) is 24.8 Å². The van der Waals surface area contributed by atoms with E-state index < -0.39 is 0 Å². The first-order valence-electron chi connectivity index (χ1n) is 8.26. The van der Waals surface area contributed by atoms with E-state index in [1.807, 2.05) is 31.2 Å². The molecule has 1 aliphatic heterocycles. The van der Waals surface area contributed by atoms with Crippen molar-refractivity contribution in [3.63, 3.8) is 0 Å². The van der Waals surface area contributed by atoms with Crippen LogP contribution in [0.1, 0.15) is 22.6 Å². The molecular formula is C18H19N5O2. The summed E-state index contributed by atoms with van der Waals surface area (Å²) in [6, 6.07) is 9.66. The van der Waals surface area contributed by atoms with Gasteiger partial charge in [0, 0.05) is 38.2 Å². The molecule has 0 unspecified atom stereocenters. The molecule has 128 valence electrons. The van der Waals surface area contributed by atoms with Gasteiger partial charge in [0.15, 0.2) is 5.82 Å². The molecule has 7 nitrogen and oxygen atoms in total. The molecule has 0 spiro atoms. The van der Waals surface area contributed by atoms with E-state index in [1.165, 1.54) is 4.68 Å². The molecule has 0 saturated heterocycles. The predicted octanol–water partition coefficient (Wildman–Crippen LogP) is 1.70. The highest BCUT2D eigenvalue weighted by molar-refractivity contribution is 5.53. The quantitative estimate of drug-likeness (QED) is 0.724. The van der Waals surface area contributed by atoms with Gasteiger partial charge in [-0.1, -0.05) is 22.9 Å². The summed E-state index contributed by atoms with van der Waals surface area (Å²) in [6.45, 7) is 4.15. The van der Waals surface area contributed by atoms with Crippen LogP contribution in [0.25, 0.3) is 11.5 Å². The maximum Gasteiger partial charge on any atom is 0.266 e. The topological polar surface area (TPSA) is 77.1 Å². The van der Waals surface area contributed by atoms with Crippen LogP contribution in [0.5, 0.6) is 0 Å². The zero-order valence-electron chi connectivity index (χ0n) is 14.3. The van der Waals surface area contributed by atoms with Crippen LogP contribution in [0.3, 0.4) is 0 Å². The molecule has 0 bridgehead atoms. The van der Waals surface area contributed by atoms with Crippen molar-refractivity contribution >= 4 is 0 Å². The Hall–Kier alpha value is -2.80. The van der Waals surface area contributed by atoms with E-state index >= 15 is 0 Å². The van der Waals surface area contributed by atoms with Gasteiger partial charge in [-0.05, 0) is 24.6 Å². The maximum atomic E-state index is 11.8. The van der Waals surface area contributed by atoms with Crippen LogP contribution in [0.4, 0.5) is 0 Å². The van der Waals surface area contributed by atoms with E-state index in [9.17, 15) is 4.79 Å². The van der Waals surface area contributed by atoms with Crippen LogP contribution in [-0.2, 0) is 26.6 Å². The average Bonchev–Trinajstić information content (AvgIpc) is 3.05. The lowest BCUT2D eigenvalue weighted by atomic mass is 10.1. The van der Waals surface area contributed by atoms with E-state index in [2.05, 4.69) is 20.1 Å². The second-order valence-electron chi connectivity index (χ2n) is 6.42. The molecular weight excluding hydrogens is 318 g/mol. The van der Waals surface area contributed by atoms with Crippen molar-refractivity contribution < 1.29 is 4.52 Å². The highest BCUT2D eigenvalue weighted by Gasteiger charge is 2.20. The highest BCUT2D eigenvalue weighted by atomic mass is 16.5. The monoisotopic (exact) mass is 337 g/mol. The third kappa shape index (κ3) is 3.23. The molecule has 2 aromatic heterocycles. The molecule has 3 aromatic rings. The van der Waals surface area contributed by atoms with Crippen molar-refractivity contribution in [3.05, 3.63) is 63.3 Å². The number of hydrogen-bond donors (Lipinski definition) is 0. The fraction of sp³-hybridized carbons (Fsp3) is 0.333. The number of aromatic nitrogens is 4. The van der Waals surface area contributed by atoms with Gasteiger partial charge in [0.05, 0.1) is 12.2 Å². The van der Waals surface area contributed by atoms with Crippen LogP contribution < -0.4 is 5.56 Å². The normalized spacial score (nSPS) is 14.5. The Bertz CT molecular complexity index is 976. The zero-order chi connectivity index (χ0) is 17.4. The Kier molecular flexibility index (Phi) is 3.93. The van der Waals surface area contributed by atoms with Crippen molar-refractivity contribution in [3.8, 4) is 11.5 Å². The molecule has 0 saturated carbocycles. The number of fused-ring (bicyclic) bond motifs is 1. The summed E-state index contributed by atoms with van der Waals surface area (Å²) < 4.78 is 6.79. The molecule has 7 heteroatoms. The zero-order valence-corrected chi connectivity index (χ0v) is 14.3. The average molecular weight is 337 g/mol. The lowest BCUT2D eigenvalue weighted by Crippen LogP contribution is -2.34. The van der Waals surface area contributed by atoms with Crippen LogP contribution >= 0.6 is 0 Å². The number of aryl methyl sites for hydroxylation is 2. The van der Waals surface area contributed by atoms with Gasteiger partial charge in [0.25, 0.3) is 11.4 Å². The Morgan fingerprint density at radius 2 is 2.16 bits per heavy atom. The number of benzene rings is 1. The van der Waals surface area contributed by atoms with Gasteiger partial charge in [0.1, 0.15) is 0 Å². The lowest BCUT2D eigenvalue weighted by molar-refractivity contribution is 0.232. The van der Waals surface area contributed by atoms with Crippen LogP contribution in [0, 0.1) is 6.92 Å². The largest absolute Gasteiger partial charge is 0.334 e. The molecule has 0 atom stereocenters. The predicted molar refractivity (Wildman–Crippen MR) is 91.8 cm³/mol. The Balaban J connectivity index is 1.50. The smallest absolute Gasteiger partial charge is 0.266 e. The third-order valence-corrected chi connectivity index (χ3v) is 4.41. The molecule has 25 heavy (non-hydrogen) atoms. The summed E-state index contributed by atoms with van der Waals surface area (Å²) in [5.74, 6) is 1.18. The van der Waals surface area contributed by atoms with Crippen molar-refractivity contribution in [2.24, 2.45) is 7.05 Å². The molecule has 0 radical (unpaired) electrons. The minimum atomic E-state index is -0.0816. The van der Waals surface area contributed by atoms with Gasteiger partial charge in [-0.3, -0.25) is 9.69 Å². The van der Waals surface area contributed by atoms with Gasteiger partial charge in [-0.15, -0.1) is 0 Å². The summed E-state index contributed by atoms with van der Waals surface area (Å²) in [5, 5.41) is 8.43. The summed E-state index contributed by atoms with van der Waals surface area (Å²) in [6.07, 6.45) is 0.812. The first-order valence-corrected chi connectivity index (χ1v) is 8.26. The van der Waals surface area contributed by atoms with Crippen LogP contribution in [0.2, 0.25) is 0 Å².